The van der Waals surface area contributed by atoms with E-state index >= 15 is 0 Å². The van der Waals surface area contributed by atoms with Gasteiger partial charge in [-0.25, -0.2) is 0 Å². The SMILES string of the molecule is CCCCOc1ccc(/C=C/C(=O)Nc2ccc(Cl)cc2C(=O)c2ccccc2)cc1OCC. The van der Waals surface area contributed by atoms with Crippen molar-refractivity contribution < 1.29 is 19.1 Å². The van der Waals surface area contributed by atoms with Crippen LogP contribution in [0.2, 0.25) is 5.02 Å². The highest BCUT2D eigenvalue weighted by Crippen LogP contribution is 2.29. The number of nitrogens with one attached hydrogen (secondary N) is 1. The number of hydrogen-bond acceptors (Lipinski definition) is 4. The maximum absolute atomic E-state index is 13.0. The minimum atomic E-state index is -0.370. The minimum Gasteiger partial charge on any atom is -0.490 e. The zero-order chi connectivity index (χ0) is 24.3. The van der Waals surface area contributed by atoms with E-state index in [0.29, 0.717) is 46.5 Å². The van der Waals surface area contributed by atoms with Crippen molar-refractivity contribution in [2.45, 2.75) is 26.7 Å². The van der Waals surface area contributed by atoms with Crippen molar-refractivity contribution >= 4 is 35.1 Å². The number of unbranched alkanes of at least 4 members (excludes halogenated alkanes) is 1. The molecule has 0 saturated heterocycles. The van der Waals surface area contributed by atoms with Crippen LogP contribution in [0.3, 0.4) is 0 Å². The third kappa shape index (κ3) is 6.96. The molecule has 0 spiro atoms. The summed E-state index contributed by atoms with van der Waals surface area (Å²) in [6.07, 6.45) is 5.11. The van der Waals surface area contributed by atoms with Crippen molar-refractivity contribution in [2.24, 2.45) is 0 Å². The molecule has 6 heteroatoms. The number of benzene rings is 3. The predicted octanol–water partition coefficient (Wildman–Crippen LogP) is 6.80. The first kappa shape index (κ1) is 25.1. The average Bonchev–Trinajstić information content (AvgIpc) is 2.85. The number of hydrogen-bond donors (Lipinski definition) is 1. The zero-order valence-electron chi connectivity index (χ0n) is 19.3. The number of amides is 1. The van der Waals surface area contributed by atoms with Crippen LogP contribution in [0.5, 0.6) is 11.5 Å². The maximum Gasteiger partial charge on any atom is 0.248 e. The molecular formula is C28H28ClNO4. The van der Waals surface area contributed by atoms with Crippen LogP contribution in [0.25, 0.3) is 6.08 Å². The Morgan fingerprint density at radius 1 is 0.941 bits per heavy atom. The quantitative estimate of drug-likeness (QED) is 0.187. The van der Waals surface area contributed by atoms with Gasteiger partial charge in [0, 0.05) is 22.2 Å². The van der Waals surface area contributed by atoms with Crippen LogP contribution in [-0.2, 0) is 4.79 Å². The Balaban J connectivity index is 1.75. The lowest BCUT2D eigenvalue weighted by Crippen LogP contribution is -2.12. The van der Waals surface area contributed by atoms with Crippen molar-refractivity contribution in [2.75, 3.05) is 18.5 Å². The smallest absolute Gasteiger partial charge is 0.248 e. The van der Waals surface area contributed by atoms with Gasteiger partial charge in [-0.2, -0.15) is 0 Å². The van der Waals surface area contributed by atoms with Gasteiger partial charge < -0.3 is 14.8 Å². The van der Waals surface area contributed by atoms with Crippen LogP contribution in [0.4, 0.5) is 5.69 Å². The molecule has 1 amide bonds. The van der Waals surface area contributed by atoms with E-state index < -0.39 is 0 Å². The summed E-state index contributed by atoms with van der Waals surface area (Å²) in [5, 5.41) is 3.20. The topological polar surface area (TPSA) is 64.6 Å². The lowest BCUT2D eigenvalue weighted by atomic mass is 10.0. The molecule has 0 aliphatic rings. The molecule has 0 aromatic heterocycles. The molecule has 0 radical (unpaired) electrons. The van der Waals surface area contributed by atoms with Crippen molar-refractivity contribution in [1.82, 2.24) is 0 Å². The molecule has 3 aromatic rings. The summed E-state index contributed by atoms with van der Waals surface area (Å²) in [4.78, 5) is 25.6. The number of anilines is 1. The Labute approximate surface area is 205 Å². The Hall–Kier alpha value is -3.57. The fourth-order valence-electron chi connectivity index (χ4n) is 3.25. The molecule has 5 nitrogen and oxygen atoms in total. The van der Waals surface area contributed by atoms with Gasteiger partial charge in [0.15, 0.2) is 17.3 Å². The number of halogens is 1. The molecule has 0 aliphatic heterocycles. The summed E-state index contributed by atoms with van der Waals surface area (Å²) < 4.78 is 11.5. The first-order chi connectivity index (χ1) is 16.5. The summed E-state index contributed by atoms with van der Waals surface area (Å²) in [6, 6.07) is 19.2. The highest BCUT2D eigenvalue weighted by atomic mass is 35.5. The van der Waals surface area contributed by atoms with E-state index in [1.54, 1.807) is 48.5 Å². The van der Waals surface area contributed by atoms with Crippen LogP contribution >= 0.6 is 11.6 Å². The summed E-state index contributed by atoms with van der Waals surface area (Å²) in [6.45, 7) is 5.15. The lowest BCUT2D eigenvalue weighted by Gasteiger charge is -2.12. The molecule has 1 N–H and O–H groups in total. The first-order valence-corrected chi connectivity index (χ1v) is 11.7. The van der Waals surface area contributed by atoms with Crippen molar-refractivity contribution in [1.29, 1.82) is 0 Å². The third-order valence-corrected chi connectivity index (χ3v) is 5.21. The molecule has 0 fully saturated rings. The van der Waals surface area contributed by atoms with Crippen molar-refractivity contribution in [3.63, 3.8) is 0 Å². The van der Waals surface area contributed by atoms with Crippen LogP contribution in [0.15, 0.2) is 72.8 Å². The second-order valence-corrected chi connectivity index (χ2v) is 7.99. The van der Waals surface area contributed by atoms with Gasteiger partial charge in [-0.15, -0.1) is 0 Å². The average molecular weight is 478 g/mol. The highest BCUT2D eigenvalue weighted by molar-refractivity contribution is 6.31. The Kier molecular flexibility index (Phi) is 9.30. The fourth-order valence-corrected chi connectivity index (χ4v) is 3.42. The second kappa shape index (κ2) is 12.6. The number of carbonyl (C=O) groups excluding carboxylic acids is 2. The largest absolute Gasteiger partial charge is 0.490 e. The monoisotopic (exact) mass is 477 g/mol. The van der Waals surface area contributed by atoms with Gasteiger partial charge in [0.2, 0.25) is 5.91 Å². The molecule has 34 heavy (non-hydrogen) atoms. The molecule has 0 aliphatic carbocycles. The molecule has 3 rings (SSSR count). The van der Waals surface area contributed by atoms with Crippen molar-refractivity contribution in [3.05, 3.63) is 94.5 Å². The van der Waals surface area contributed by atoms with E-state index in [9.17, 15) is 9.59 Å². The molecule has 0 bridgehead atoms. The Morgan fingerprint density at radius 3 is 2.47 bits per heavy atom. The minimum absolute atomic E-state index is 0.220. The second-order valence-electron chi connectivity index (χ2n) is 7.55. The maximum atomic E-state index is 13.0. The first-order valence-electron chi connectivity index (χ1n) is 11.3. The van der Waals surface area contributed by atoms with Crippen LogP contribution in [0.1, 0.15) is 48.2 Å². The predicted molar refractivity (Wildman–Crippen MR) is 137 cm³/mol. The van der Waals surface area contributed by atoms with Gasteiger partial charge in [-0.3, -0.25) is 9.59 Å². The van der Waals surface area contributed by atoms with Gasteiger partial charge in [-0.1, -0.05) is 61.3 Å². The lowest BCUT2D eigenvalue weighted by molar-refractivity contribution is -0.111. The number of ketones is 1. The van der Waals surface area contributed by atoms with Gasteiger partial charge in [0.25, 0.3) is 0 Å². The van der Waals surface area contributed by atoms with Gasteiger partial charge in [-0.05, 0) is 55.3 Å². The molecule has 0 unspecified atom stereocenters. The van der Waals surface area contributed by atoms with E-state index in [-0.39, 0.29) is 11.7 Å². The summed E-state index contributed by atoms with van der Waals surface area (Å²) in [7, 11) is 0. The molecular weight excluding hydrogens is 450 g/mol. The van der Waals surface area contributed by atoms with Crippen molar-refractivity contribution in [3.8, 4) is 11.5 Å². The van der Waals surface area contributed by atoms with Gasteiger partial charge in [0.1, 0.15) is 0 Å². The van der Waals surface area contributed by atoms with E-state index in [1.807, 2.05) is 31.2 Å². The van der Waals surface area contributed by atoms with E-state index in [4.69, 9.17) is 21.1 Å². The number of carbonyl (C=O) groups is 2. The standard InChI is InChI=1S/C28H28ClNO4/c1-3-5-17-34-25-15-11-20(18-26(25)33-4-2)12-16-27(31)30-24-14-13-22(29)19-23(24)28(32)21-9-7-6-8-10-21/h6-16,18-19H,3-5,17H2,1-2H3,(H,30,31)/b16-12+. The number of rotatable bonds is 11. The molecule has 3 aromatic carbocycles. The van der Waals surface area contributed by atoms with Gasteiger partial charge in [0.05, 0.1) is 18.9 Å². The Bertz CT molecular complexity index is 1160. The summed E-state index contributed by atoms with van der Waals surface area (Å²) >= 11 is 6.12. The molecule has 176 valence electrons. The number of ether oxygens (including phenoxy) is 2. The van der Waals surface area contributed by atoms with E-state index in [1.165, 1.54) is 6.08 Å². The van der Waals surface area contributed by atoms with Crippen LogP contribution < -0.4 is 14.8 Å². The van der Waals surface area contributed by atoms with Crippen LogP contribution in [0, 0.1) is 0 Å². The van der Waals surface area contributed by atoms with Crippen LogP contribution in [-0.4, -0.2) is 24.9 Å². The van der Waals surface area contributed by atoms with E-state index in [0.717, 1.165) is 18.4 Å². The zero-order valence-corrected chi connectivity index (χ0v) is 20.1. The Morgan fingerprint density at radius 2 is 1.74 bits per heavy atom. The highest BCUT2D eigenvalue weighted by Gasteiger charge is 2.15. The summed E-state index contributed by atoms with van der Waals surface area (Å²) in [5.41, 5.74) is 2.02. The van der Waals surface area contributed by atoms with Gasteiger partial charge >= 0.3 is 0 Å². The normalized spacial score (nSPS) is 10.8. The molecule has 0 heterocycles. The van der Waals surface area contributed by atoms with E-state index in [2.05, 4.69) is 12.2 Å². The molecule has 0 saturated carbocycles. The fraction of sp³-hybridized carbons (Fsp3) is 0.214. The third-order valence-electron chi connectivity index (χ3n) is 4.97. The molecule has 0 atom stereocenters. The summed E-state index contributed by atoms with van der Waals surface area (Å²) in [5.74, 6) is 0.727.